The van der Waals surface area contributed by atoms with E-state index in [1.807, 2.05) is 0 Å². The molecule has 4 nitrogen and oxygen atoms in total. The molecule has 64 valence electrons. The number of alkyl halides is 3. The van der Waals surface area contributed by atoms with Crippen molar-refractivity contribution in [1.29, 1.82) is 0 Å². The Morgan fingerprint density at radius 1 is 1.45 bits per heavy atom. The Morgan fingerprint density at radius 3 is 2.18 bits per heavy atom. The van der Waals surface area contributed by atoms with E-state index in [0.717, 1.165) is 0 Å². The van der Waals surface area contributed by atoms with Crippen molar-refractivity contribution >= 4 is 13.3 Å². The molecule has 0 unspecified atom stereocenters. The van der Waals surface area contributed by atoms with Crippen LogP contribution in [0.4, 0.5) is 17.7 Å². The van der Waals surface area contributed by atoms with Gasteiger partial charge in [-0.1, -0.05) is 4.53 Å². The van der Waals surface area contributed by atoms with Crippen molar-refractivity contribution in [1.82, 2.24) is 0 Å². The van der Waals surface area contributed by atoms with Gasteiger partial charge in [0.05, 0.1) is 0 Å². The van der Waals surface area contributed by atoms with Gasteiger partial charge in [-0.3, -0.25) is 0 Å². The van der Waals surface area contributed by atoms with Crippen LogP contribution in [-0.2, 0) is 14.3 Å². The van der Waals surface area contributed by atoms with E-state index in [0.29, 0.717) is 0 Å². The Labute approximate surface area is 57.8 Å². The summed E-state index contributed by atoms with van der Waals surface area (Å²) < 4.78 is 47.2. The zero-order chi connectivity index (χ0) is 9.07. The van der Waals surface area contributed by atoms with E-state index in [9.17, 15) is 22.5 Å². The van der Waals surface area contributed by atoms with Crippen LogP contribution >= 0.6 is 0 Å². The van der Waals surface area contributed by atoms with Crippen LogP contribution in [0.2, 0.25) is 0 Å². The van der Waals surface area contributed by atoms with Crippen molar-refractivity contribution in [3.63, 3.8) is 0 Å². The highest BCUT2D eigenvalue weighted by Gasteiger charge is 2.43. The molecule has 0 aliphatic rings. The summed E-state index contributed by atoms with van der Waals surface area (Å²) in [6.45, 7) is 0. The molecule has 1 N–H and O–H groups in total. The minimum atomic E-state index is -5.28. The first-order chi connectivity index (χ1) is 4.88. The fraction of sp³-hybridized carbons (Fsp3) is 0.500. The molecule has 0 aliphatic carbocycles. The van der Waals surface area contributed by atoms with E-state index in [1.54, 1.807) is 0 Å². The molecule has 0 saturated heterocycles. The van der Waals surface area contributed by atoms with E-state index < -0.39 is 19.5 Å². The number of rotatable bonds is 2. The lowest BCUT2D eigenvalue weighted by atomic mass is 10.2. The maximum absolute atomic E-state index is 11.2. The second-order valence-corrected chi connectivity index (χ2v) is 1.30. The van der Waals surface area contributed by atoms with Crippen LogP contribution in [0.3, 0.4) is 0 Å². The van der Waals surface area contributed by atoms with Crippen molar-refractivity contribution in [3.05, 3.63) is 0 Å². The van der Waals surface area contributed by atoms with E-state index in [-0.39, 0.29) is 0 Å². The minimum Gasteiger partial charge on any atom is -0.477 e. The van der Waals surface area contributed by atoms with Gasteiger partial charge < -0.3 is 9.68 Å². The van der Waals surface area contributed by atoms with Gasteiger partial charge >= 0.3 is 19.5 Å². The second-order valence-electron chi connectivity index (χ2n) is 1.30. The summed E-state index contributed by atoms with van der Waals surface area (Å²) in [6, 6.07) is 0. The molecule has 11 heavy (non-hydrogen) atoms. The predicted molar refractivity (Wildman–Crippen MR) is 22.3 cm³/mol. The normalized spacial score (nSPS) is 11.0. The third kappa shape index (κ3) is 3.78. The van der Waals surface area contributed by atoms with Crippen molar-refractivity contribution in [2.45, 2.75) is 6.18 Å². The zero-order valence-electron chi connectivity index (χ0n) is 4.76. The van der Waals surface area contributed by atoms with Crippen molar-refractivity contribution in [2.75, 3.05) is 0 Å². The Morgan fingerprint density at radius 2 is 1.91 bits per heavy atom. The summed E-state index contributed by atoms with van der Waals surface area (Å²) in [5.74, 6) is -2.73. The Balaban J connectivity index is 3.88. The van der Waals surface area contributed by atoms with Gasteiger partial charge in [-0.2, -0.15) is 18.0 Å². The van der Waals surface area contributed by atoms with Gasteiger partial charge in [0, 0.05) is 0 Å². The molecule has 0 heterocycles. The maximum Gasteiger partial charge on any atom is 0.745 e. The third-order valence-corrected chi connectivity index (χ3v) is 0.516. The lowest BCUT2D eigenvalue weighted by molar-refractivity contribution is -0.196. The fourth-order valence-corrected chi connectivity index (χ4v) is 0.177. The number of halogens is 4. The van der Waals surface area contributed by atoms with Crippen molar-refractivity contribution in [3.8, 4) is 0 Å². The van der Waals surface area contributed by atoms with Crippen LogP contribution in [0, 0.1) is 0 Å². The van der Waals surface area contributed by atoms with Crippen LogP contribution in [-0.4, -0.2) is 24.5 Å². The monoisotopic (exact) mass is 176 g/mol. The van der Waals surface area contributed by atoms with Gasteiger partial charge in [0.15, 0.2) is 0 Å². The summed E-state index contributed by atoms with van der Waals surface area (Å²) in [7, 11) is -2.84. The quantitative estimate of drug-likeness (QED) is 0.473. The first kappa shape index (κ1) is 10.2. The van der Waals surface area contributed by atoms with Crippen LogP contribution in [0.15, 0.2) is 0 Å². The molecule has 0 spiro atoms. The highest BCUT2D eigenvalue weighted by atomic mass is 19.4. The molecule has 0 amide bonds. The first-order valence-electron chi connectivity index (χ1n) is 2.11. The maximum atomic E-state index is 11.2. The molecular weight excluding hydrogens is 175 g/mol. The molecule has 0 fully saturated rings. The largest absolute Gasteiger partial charge is 0.745 e. The van der Waals surface area contributed by atoms with Gasteiger partial charge in [0.25, 0.3) is 0 Å². The van der Waals surface area contributed by atoms with Gasteiger partial charge in [0.2, 0.25) is 0 Å². The fourth-order valence-electron chi connectivity index (χ4n) is 0.177. The van der Waals surface area contributed by atoms with Crippen molar-refractivity contribution in [2.24, 2.45) is 0 Å². The highest BCUT2D eigenvalue weighted by molar-refractivity contribution is 6.37. The second kappa shape index (κ2) is 3.53. The molecule has 0 radical (unpaired) electrons. The molecular formula is C2HBF4O4. The summed E-state index contributed by atoms with van der Waals surface area (Å²) >= 11 is 0. The predicted octanol–water partition coefficient (Wildman–Crippen LogP) is -0.0298. The molecule has 0 atom stereocenters. The summed E-state index contributed by atoms with van der Waals surface area (Å²) in [5.41, 5.74) is 0. The standard InChI is InChI=1S/C2HBF4O4/c4-2(5,6)1(8)10-3(9)11-7/h9H. The molecule has 0 rings (SSSR count). The average molecular weight is 176 g/mol. The summed E-state index contributed by atoms with van der Waals surface area (Å²) in [6.07, 6.45) is -5.28. The molecule has 0 bridgehead atoms. The van der Waals surface area contributed by atoms with Crippen LogP contribution < -0.4 is 0 Å². The molecule has 0 aromatic carbocycles. The number of hydrogen-bond donors (Lipinski definition) is 1. The number of carbonyl (C=O) groups is 1. The number of carbonyl (C=O) groups excluding carboxylic acids is 1. The SMILES string of the molecule is O=C(OB(O)OF)C(F)(F)F. The lowest BCUT2D eigenvalue weighted by Crippen LogP contribution is -2.33. The van der Waals surface area contributed by atoms with Crippen LogP contribution in [0.25, 0.3) is 0 Å². The molecule has 9 heteroatoms. The van der Waals surface area contributed by atoms with E-state index >= 15 is 0 Å². The third-order valence-electron chi connectivity index (χ3n) is 0.516. The number of hydrogen-bond acceptors (Lipinski definition) is 4. The minimum absolute atomic E-state index is 2.33. The van der Waals surface area contributed by atoms with Crippen LogP contribution in [0.1, 0.15) is 0 Å². The Hall–Kier alpha value is -0.825. The molecule has 0 aliphatic heterocycles. The topological polar surface area (TPSA) is 55.8 Å². The first-order valence-corrected chi connectivity index (χ1v) is 2.11. The van der Waals surface area contributed by atoms with Crippen LogP contribution in [0.5, 0.6) is 0 Å². The van der Waals surface area contributed by atoms with E-state index in [2.05, 4.69) is 9.51 Å². The van der Waals surface area contributed by atoms with Gasteiger partial charge in [-0.25, -0.2) is 4.79 Å². The lowest BCUT2D eigenvalue weighted by Gasteiger charge is -2.05. The molecule has 0 aromatic rings. The van der Waals surface area contributed by atoms with Crippen molar-refractivity contribution < 1.29 is 37.0 Å². The van der Waals surface area contributed by atoms with E-state index in [1.165, 1.54) is 0 Å². The molecule has 0 aromatic heterocycles. The summed E-state index contributed by atoms with van der Waals surface area (Å²) in [4.78, 5) is 12.0. The average Bonchev–Trinajstić information content (AvgIpc) is 1.85. The zero-order valence-corrected chi connectivity index (χ0v) is 4.76. The Bertz CT molecular complexity index is 146. The highest BCUT2D eigenvalue weighted by Crippen LogP contribution is 2.16. The Kier molecular flexibility index (Phi) is 3.27. The van der Waals surface area contributed by atoms with Gasteiger partial charge in [-0.15, -0.1) is 0 Å². The van der Waals surface area contributed by atoms with Gasteiger partial charge in [0.1, 0.15) is 0 Å². The summed E-state index contributed by atoms with van der Waals surface area (Å²) in [5, 5.41) is 7.85. The van der Waals surface area contributed by atoms with Gasteiger partial charge in [-0.05, 0) is 0 Å². The van der Waals surface area contributed by atoms with E-state index in [4.69, 9.17) is 5.02 Å². The smallest absolute Gasteiger partial charge is 0.477 e. The molecule has 0 saturated carbocycles.